The van der Waals surface area contributed by atoms with Gasteiger partial charge in [0.15, 0.2) is 0 Å². The molecule has 0 spiro atoms. The molecule has 22 heavy (non-hydrogen) atoms. The van der Waals surface area contributed by atoms with E-state index in [0.29, 0.717) is 12.5 Å². The summed E-state index contributed by atoms with van der Waals surface area (Å²) in [5, 5.41) is 7.08. The van der Waals surface area contributed by atoms with Crippen molar-refractivity contribution in [3.8, 4) is 5.75 Å². The van der Waals surface area contributed by atoms with Crippen LogP contribution in [-0.4, -0.2) is 12.0 Å². The van der Waals surface area contributed by atoms with Crippen molar-refractivity contribution in [3.63, 3.8) is 0 Å². The zero-order chi connectivity index (χ0) is 15.2. The molecule has 1 aromatic carbocycles. The van der Waals surface area contributed by atoms with Crippen LogP contribution in [0.5, 0.6) is 5.75 Å². The number of benzene rings is 1. The third kappa shape index (κ3) is 4.34. The normalized spacial score (nSPS) is 14.9. The van der Waals surface area contributed by atoms with Crippen LogP contribution in [0.1, 0.15) is 37.7 Å². The van der Waals surface area contributed by atoms with E-state index in [1.165, 1.54) is 18.4 Å². The lowest BCUT2D eigenvalue weighted by Crippen LogP contribution is -2.13. The second kappa shape index (κ2) is 7.45. The molecule has 1 fully saturated rings. The van der Waals surface area contributed by atoms with E-state index in [-0.39, 0.29) is 5.91 Å². The Bertz CT molecular complexity index is 603. The number of carbonyl (C=O) groups excluding carboxylic acids is 1. The van der Waals surface area contributed by atoms with Crippen molar-refractivity contribution in [1.29, 1.82) is 0 Å². The van der Waals surface area contributed by atoms with Crippen molar-refractivity contribution in [1.82, 2.24) is 0 Å². The number of aryl methyl sites for hydroxylation is 1. The molecular formula is C18H21NO2S. The molecule has 3 nitrogen and oxygen atoms in total. The van der Waals surface area contributed by atoms with E-state index < -0.39 is 0 Å². The van der Waals surface area contributed by atoms with E-state index >= 15 is 0 Å². The number of amides is 1. The molecule has 0 radical (unpaired) electrons. The summed E-state index contributed by atoms with van der Waals surface area (Å²) >= 11 is 1.66. The predicted octanol–water partition coefficient (Wildman–Crippen LogP) is 4.64. The molecule has 0 saturated heterocycles. The highest BCUT2D eigenvalue weighted by molar-refractivity contribution is 7.07. The van der Waals surface area contributed by atoms with Gasteiger partial charge in [-0.05, 0) is 66.6 Å². The highest BCUT2D eigenvalue weighted by atomic mass is 32.1. The first-order valence-corrected chi connectivity index (χ1v) is 8.81. The Morgan fingerprint density at radius 3 is 2.91 bits per heavy atom. The maximum absolute atomic E-state index is 12.0. The molecule has 1 heterocycles. The van der Waals surface area contributed by atoms with E-state index in [2.05, 4.69) is 16.8 Å². The van der Waals surface area contributed by atoms with Crippen molar-refractivity contribution >= 4 is 22.9 Å². The fraction of sp³-hybridized carbons (Fsp3) is 0.389. The smallest absolute Gasteiger partial charge is 0.224 e. The summed E-state index contributed by atoms with van der Waals surface area (Å²) in [5.74, 6) is 0.895. The Morgan fingerprint density at radius 1 is 1.27 bits per heavy atom. The minimum atomic E-state index is 0.0456. The molecule has 0 atom stereocenters. The van der Waals surface area contributed by atoms with Gasteiger partial charge in [-0.25, -0.2) is 0 Å². The lowest BCUT2D eigenvalue weighted by molar-refractivity contribution is -0.116. The Hall–Kier alpha value is -1.81. The maximum Gasteiger partial charge on any atom is 0.224 e. The molecule has 0 aliphatic heterocycles. The lowest BCUT2D eigenvalue weighted by atomic mass is 10.2. The van der Waals surface area contributed by atoms with Crippen LogP contribution >= 0.6 is 11.3 Å². The number of hydrogen-bond acceptors (Lipinski definition) is 3. The lowest BCUT2D eigenvalue weighted by Gasteiger charge is -2.14. The summed E-state index contributed by atoms with van der Waals surface area (Å²) in [6.07, 6.45) is 6.41. The molecule has 1 aliphatic carbocycles. The van der Waals surface area contributed by atoms with E-state index in [1.54, 1.807) is 11.3 Å². The number of rotatable bonds is 6. The van der Waals surface area contributed by atoms with Gasteiger partial charge in [-0.3, -0.25) is 4.79 Å². The van der Waals surface area contributed by atoms with Gasteiger partial charge in [-0.1, -0.05) is 6.07 Å². The van der Waals surface area contributed by atoms with E-state index in [1.807, 2.05) is 29.6 Å². The van der Waals surface area contributed by atoms with Crippen molar-refractivity contribution in [3.05, 3.63) is 46.7 Å². The molecule has 1 aliphatic rings. The number of hydrogen-bond donors (Lipinski definition) is 1. The minimum absolute atomic E-state index is 0.0456. The van der Waals surface area contributed by atoms with Gasteiger partial charge < -0.3 is 10.1 Å². The van der Waals surface area contributed by atoms with Crippen molar-refractivity contribution in [2.45, 2.75) is 44.6 Å². The first kappa shape index (κ1) is 15.1. The van der Waals surface area contributed by atoms with Crippen LogP contribution in [0.25, 0.3) is 0 Å². The zero-order valence-corrected chi connectivity index (χ0v) is 13.4. The van der Waals surface area contributed by atoms with Gasteiger partial charge in [0.05, 0.1) is 6.10 Å². The largest absolute Gasteiger partial charge is 0.490 e. The highest BCUT2D eigenvalue weighted by Gasteiger charge is 2.16. The number of carbonyl (C=O) groups is 1. The molecule has 1 aromatic heterocycles. The molecule has 1 saturated carbocycles. The second-order valence-corrected chi connectivity index (χ2v) is 6.51. The molecule has 2 aromatic rings. The summed E-state index contributed by atoms with van der Waals surface area (Å²) in [4.78, 5) is 12.0. The Kier molecular flexibility index (Phi) is 5.11. The molecule has 1 amide bonds. The van der Waals surface area contributed by atoms with Crippen LogP contribution in [0, 0.1) is 0 Å². The fourth-order valence-corrected chi connectivity index (χ4v) is 3.47. The zero-order valence-electron chi connectivity index (χ0n) is 12.6. The van der Waals surface area contributed by atoms with Gasteiger partial charge >= 0.3 is 0 Å². The Balaban J connectivity index is 1.51. The van der Waals surface area contributed by atoms with Crippen LogP contribution < -0.4 is 10.1 Å². The average molecular weight is 315 g/mol. The van der Waals surface area contributed by atoms with Crippen LogP contribution in [0.3, 0.4) is 0 Å². The third-order valence-corrected chi connectivity index (χ3v) is 4.68. The summed E-state index contributed by atoms with van der Waals surface area (Å²) in [5.41, 5.74) is 2.03. The minimum Gasteiger partial charge on any atom is -0.490 e. The number of anilines is 1. The van der Waals surface area contributed by atoms with E-state index in [0.717, 1.165) is 30.7 Å². The monoisotopic (exact) mass is 315 g/mol. The topological polar surface area (TPSA) is 38.3 Å². The Morgan fingerprint density at radius 2 is 2.14 bits per heavy atom. The van der Waals surface area contributed by atoms with E-state index in [4.69, 9.17) is 4.74 Å². The van der Waals surface area contributed by atoms with Crippen LogP contribution in [0.15, 0.2) is 41.1 Å². The van der Waals surface area contributed by atoms with Gasteiger partial charge in [0, 0.05) is 18.2 Å². The molecule has 0 bridgehead atoms. The first-order chi connectivity index (χ1) is 10.8. The third-order valence-electron chi connectivity index (χ3n) is 3.94. The van der Waals surface area contributed by atoms with Crippen LogP contribution in [-0.2, 0) is 11.2 Å². The first-order valence-electron chi connectivity index (χ1n) is 7.87. The standard InChI is InChI=1S/C18H21NO2S/c20-18(9-8-14-10-11-22-13-14)19-15-4-3-7-17(12-15)21-16-5-1-2-6-16/h3-4,7,10-13,16H,1-2,5-6,8-9H2,(H,19,20). The number of nitrogens with one attached hydrogen (secondary N) is 1. The summed E-state index contributed by atoms with van der Waals surface area (Å²) < 4.78 is 5.97. The predicted molar refractivity (Wildman–Crippen MR) is 90.6 cm³/mol. The van der Waals surface area contributed by atoms with Gasteiger partial charge in [0.2, 0.25) is 5.91 Å². The fourth-order valence-electron chi connectivity index (χ4n) is 2.76. The second-order valence-electron chi connectivity index (χ2n) is 5.73. The quantitative estimate of drug-likeness (QED) is 0.843. The van der Waals surface area contributed by atoms with Crippen LogP contribution in [0.2, 0.25) is 0 Å². The Labute approximate surface area is 135 Å². The van der Waals surface area contributed by atoms with Gasteiger partial charge in [-0.15, -0.1) is 0 Å². The van der Waals surface area contributed by atoms with Crippen LogP contribution in [0.4, 0.5) is 5.69 Å². The van der Waals surface area contributed by atoms with Gasteiger partial charge in [0.1, 0.15) is 5.75 Å². The molecule has 4 heteroatoms. The molecular weight excluding hydrogens is 294 g/mol. The number of thiophene rings is 1. The average Bonchev–Trinajstić information content (AvgIpc) is 3.19. The van der Waals surface area contributed by atoms with Gasteiger partial charge in [0.25, 0.3) is 0 Å². The van der Waals surface area contributed by atoms with Gasteiger partial charge in [-0.2, -0.15) is 11.3 Å². The molecule has 1 N–H and O–H groups in total. The number of ether oxygens (including phenoxy) is 1. The SMILES string of the molecule is O=C(CCc1ccsc1)Nc1cccc(OC2CCCC2)c1. The van der Waals surface area contributed by atoms with Crippen molar-refractivity contribution < 1.29 is 9.53 Å². The maximum atomic E-state index is 12.0. The van der Waals surface area contributed by atoms with Crippen molar-refractivity contribution in [2.75, 3.05) is 5.32 Å². The summed E-state index contributed by atoms with van der Waals surface area (Å²) in [7, 11) is 0. The molecule has 3 rings (SSSR count). The summed E-state index contributed by atoms with van der Waals surface area (Å²) in [6.45, 7) is 0. The molecule has 116 valence electrons. The highest BCUT2D eigenvalue weighted by Crippen LogP contribution is 2.25. The van der Waals surface area contributed by atoms with Crippen molar-refractivity contribution in [2.24, 2.45) is 0 Å². The molecule has 0 unspecified atom stereocenters. The van der Waals surface area contributed by atoms with E-state index in [9.17, 15) is 4.79 Å². The summed E-state index contributed by atoms with van der Waals surface area (Å²) in [6, 6.07) is 9.77.